The Bertz CT molecular complexity index is 1830. The van der Waals surface area contributed by atoms with Crippen LogP contribution in [0.25, 0.3) is 44.1 Å². The third-order valence-corrected chi connectivity index (χ3v) is 8.80. The monoisotopic (exact) mass is 713 g/mol. The minimum absolute atomic E-state index is 0. The number of rotatable bonds is 0. The second kappa shape index (κ2) is 9.69. The van der Waals surface area contributed by atoms with Crippen LogP contribution in [0.1, 0.15) is 55.5 Å². The van der Waals surface area contributed by atoms with Crippen LogP contribution in [-0.2, 0) is 30.9 Å². The third-order valence-electron chi connectivity index (χ3n) is 8.80. The number of pyridine rings is 2. The zero-order valence-electron chi connectivity index (χ0n) is 23.7. The van der Waals surface area contributed by atoms with Crippen LogP contribution in [0.2, 0.25) is 0 Å². The number of nitrogens with zero attached hydrogens (tertiary/aromatic N) is 2. The predicted molar refractivity (Wildman–Crippen MR) is 161 cm³/mol. The SMILES string of the molecule is CC1(C)c2c([c-]ccc2F)-c2nccc3cccc1c23.Cc1cc[c-]c2c1C(C)(C)c1cccc3ccnc-2c13.[Ir]. The Morgan fingerprint density at radius 3 is 1.68 bits per heavy atom. The predicted octanol–water partition coefficient (Wildman–Crippen LogP) is 9.13. The first-order valence-corrected chi connectivity index (χ1v) is 13.7. The molecule has 1 radical (unpaired) electrons. The Morgan fingerprint density at radius 1 is 0.634 bits per heavy atom. The zero-order chi connectivity index (χ0) is 27.8. The van der Waals surface area contributed by atoms with Crippen molar-refractivity contribution in [2.45, 2.75) is 45.4 Å². The van der Waals surface area contributed by atoms with E-state index in [1.165, 1.54) is 39.1 Å². The van der Waals surface area contributed by atoms with Crippen molar-refractivity contribution in [3.63, 3.8) is 0 Å². The van der Waals surface area contributed by atoms with Crippen LogP contribution in [0, 0.1) is 24.9 Å². The average molecular weight is 713 g/mol. The van der Waals surface area contributed by atoms with Gasteiger partial charge in [0.05, 0.1) is 0 Å². The first-order chi connectivity index (χ1) is 19.2. The van der Waals surface area contributed by atoms with Gasteiger partial charge in [0.25, 0.3) is 0 Å². The van der Waals surface area contributed by atoms with Gasteiger partial charge < -0.3 is 9.97 Å². The smallest absolute Gasteiger partial charge is 0.0459 e. The summed E-state index contributed by atoms with van der Waals surface area (Å²) in [5.74, 6) is -0.183. The molecule has 4 heteroatoms. The molecule has 6 aromatic rings. The first-order valence-electron chi connectivity index (χ1n) is 13.7. The van der Waals surface area contributed by atoms with Crippen LogP contribution in [0.15, 0.2) is 85.2 Å². The third kappa shape index (κ3) is 3.92. The molecular formula is C37H29FIrN2-2. The molecule has 0 atom stereocenters. The summed E-state index contributed by atoms with van der Waals surface area (Å²) in [5, 5.41) is 4.81. The molecule has 0 N–H and O–H groups in total. The van der Waals surface area contributed by atoms with E-state index in [9.17, 15) is 4.39 Å². The molecule has 0 unspecified atom stereocenters. The van der Waals surface area contributed by atoms with Crippen LogP contribution < -0.4 is 0 Å². The van der Waals surface area contributed by atoms with Crippen molar-refractivity contribution in [2.75, 3.05) is 0 Å². The van der Waals surface area contributed by atoms with Gasteiger partial charge in [0, 0.05) is 38.3 Å². The minimum Gasteiger partial charge on any atom is -0.304 e. The van der Waals surface area contributed by atoms with Gasteiger partial charge in [-0.05, 0) is 67.0 Å². The van der Waals surface area contributed by atoms with Gasteiger partial charge in [0.1, 0.15) is 0 Å². The fraction of sp³-hybridized carbons (Fsp3) is 0.189. The summed E-state index contributed by atoms with van der Waals surface area (Å²) in [4.78, 5) is 9.14. The molecular weight excluding hydrogens is 684 g/mol. The van der Waals surface area contributed by atoms with E-state index in [0.717, 1.165) is 33.3 Å². The average Bonchev–Trinajstić information content (AvgIpc) is 2.94. The molecule has 2 nitrogen and oxygen atoms in total. The largest absolute Gasteiger partial charge is 0.304 e. The van der Waals surface area contributed by atoms with Crippen molar-refractivity contribution < 1.29 is 24.5 Å². The zero-order valence-corrected chi connectivity index (χ0v) is 26.1. The molecule has 205 valence electrons. The first kappa shape index (κ1) is 27.4. The molecule has 2 aliphatic rings. The van der Waals surface area contributed by atoms with E-state index >= 15 is 0 Å². The summed E-state index contributed by atoms with van der Waals surface area (Å²) < 4.78 is 14.4. The summed E-state index contributed by atoms with van der Waals surface area (Å²) in [6, 6.07) is 30.7. The van der Waals surface area contributed by atoms with Gasteiger partial charge in [0.2, 0.25) is 0 Å². The topological polar surface area (TPSA) is 25.8 Å². The van der Waals surface area contributed by atoms with Crippen molar-refractivity contribution in [1.29, 1.82) is 0 Å². The van der Waals surface area contributed by atoms with Crippen molar-refractivity contribution in [1.82, 2.24) is 9.97 Å². The maximum Gasteiger partial charge on any atom is 0.0459 e. The van der Waals surface area contributed by atoms with Crippen LogP contribution >= 0.6 is 0 Å². The molecule has 0 spiro atoms. The van der Waals surface area contributed by atoms with Gasteiger partial charge in [-0.2, -0.15) is 0 Å². The number of benzene rings is 4. The fourth-order valence-electron chi connectivity index (χ4n) is 7.02. The fourth-order valence-corrected chi connectivity index (χ4v) is 7.02. The molecule has 0 saturated heterocycles. The molecule has 0 aliphatic heterocycles. The van der Waals surface area contributed by atoms with Crippen molar-refractivity contribution in [3.05, 3.63) is 131 Å². The van der Waals surface area contributed by atoms with Crippen LogP contribution in [0.3, 0.4) is 0 Å². The molecule has 0 saturated carbocycles. The van der Waals surface area contributed by atoms with Gasteiger partial charge in [-0.3, -0.25) is 0 Å². The molecule has 41 heavy (non-hydrogen) atoms. The van der Waals surface area contributed by atoms with Crippen molar-refractivity contribution in [2.24, 2.45) is 0 Å². The van der Waals surface area contributed by atoms with E-state index in [1.807, 2.05) is 24.4 Å². The number of aryl methyl sites for hydroxylation is 1. The molecule has 2 heterocycles. The van der Waals surface area contributed by atoms with Gasteiger partial charge in [0.15, 0.2) is 0 Å². The van der Waals surface area contributed by atoms with E-state index in [0.29, 0.717) is 5.56 Å². The Labute approximate surface area is 254 Å². The molecule has 0 amide bonds. The summed E-state index contributed by atoms with van der Waals surface area (Å²) in [5.41, 5.74) is 9.35. The van der Waals surface area contributed by atoms with E-state index < -0.39 is 0 Å². The van der Waals surface area contributed by atoms with Crippen LogP contribution in [-0.4, -0.2) is 9.97 Å². The van der Waals surface area contributed by atoms with Gasteiger partial charge in [-0.25, -0.2) is 4.39 Å². The molecule has 0 fully saturated rings. The van der Waals surface area contributed by atoms with E-state index in [4.69, 9.17) is 0 Å². The number of aromatic nitrogens is 2. The van der Waals surface area contributed by atoms with Crippen molar-refractivity contribution >= 4 is 21.5 Å². The maximum absolute atomic E-state index is 14.4. The Morgan fingerprint density at radius 2 is 1.12 bits per heavy atom. The summed E-state index contributed by atoms with van der Waals surface area (Å²) in [6.45, 7) is 10.9. The number of hydrogen-bond acceptors (Lipinski definition) is 2. The van der Waals surface area contributed by atoms with E-state index in [1.54, 1.807) is 12.3 Å². The summed E-state index contributed by atoms with van der Waals surface area (Å²) >= 11 is 0. The number of halogens is 1. The Hall–Kier alpha value is -3.72. The second-order valence-electron chi connectivity index (χ2n) is 11.9. The second-order valence-corrected chi connectivity index (χ2v) is 11.9. The standard InChI is InChI=1S/C19H16N.C18H13FN.Ir/c1-12-6-4-8-14-17(12)19(2,3)15-9-5-7-13-10-11-20-18(14)16(13)15;1-18(2)13-7-3-5-11-9-10-20-17(15(11)13)12-6-4-8-14(19)16(12)18;/h4-7,9-11H,1-3H3;3-5,7-10H,1-2H3;/q2*-1;. The van der Waals surface area contributed by atoms with Gasteiger partial charge >= 0.3 is 0 Å². The molecule has 2 aliphatic carbocycles. The van der Waals surface area contributed by atoms with Crippen molar-refractivity contribution in [3.8, 4) is 22.5 Å². The Kier molecular flexibility index (Phi) is 6.48. The van der Waals surface area contributed by atoms with Crippen LogP contribution in [0.4, 0.5) is 4.39 Å². The number of fused-ring (bicyclic) bond motifs is 4. The summed E-state index contributed by atoms with van der Waals surface area (Å²) in [6.07, 6.45) is 3.68. The quantitative estimate of drug-likeness (QED) is 0.147. The number of hydrogen-bond donors (Lipinski definition) is 0. The van der Waals surface area contributed by atoms with Gasteiger partial charge in [-0.15, -0.1) is 58.7 Å². The molecule has 4 aromatic carbocycles. The van der Waals surface area contributed by atoms with E-state index in [2.05, 4.69) is 99.2 Å². The Balaban J connectivity index is 0.000000144. The summed E-state index contributed by atoms with van der Waals surface area (Å²) in [7, 11) is 0. The van der Waals surface area contributed by atoms with E-state index in [-0.39, 0.29) is 36.8 Å². The maximum atomic E-state index is 14.4. The van der Waals surface area contributed by atoms with Crippen LogP contribution in [0.5, 0.6) is 0 Å². The molecule has 0 bridgehead atoms. The molecule has 2 aromatic heterocycles. The van der Waals surface area contributed by atoms with Gasteiger partial charge in [-0.1, -0.05) is 76.6 Å². The minimum atomic E-state index is -0.382. The molecule has 8 rings (SSSR count). The normalized spacial score (nSPS) is 14.8.